The van der Waals surface area contributed by atoms with Crippen molar-refractivity contribution in [1.29, 1.82) is 0 Å². The van der Waals surface area contributed by atoms with Gasteiger partial charge in [-0.25, -0.2) is 28.6 Å². The van der Waals surface area contributed by atoms with Crippen LogP contribution in [0.3, 0.4) is 0 Å². The van der Waals surface area contributed by atoms with Crippen LogP contribution in [0.2, 0.25) is 0 Å². The number of imidazole rings is 1. The molecule has 29 heteroatoms. The molecule has 1 aliphatic heterocycles. The zero-order valence-corrected chi connectivity index (χ0v) is 36.1. The van der Waals surface area contributed by atoms with Crippen molar-refractivity contribution in [2.45, 2.75) is 83.2 Å². The molecule has 2 aliphatic rings. The number of ether oxygens (including phenoxy) is 1. The minimum atomic E-state index is -5.58. The van der Waals surface area contributed by atoms with Crippen LogP contribution in [0.25, 0.3) is 11.2 Å². The quantitative estimate of drug-likeness (QED) is 0.0448. The highest BCUT2D eigenvalue weighted by Crippen LogP contribution is 2.61. The van der Waals surface area contributed by atoms with E-state index in [-0.39, 0.29) is 53.3 Å². The van der Waals surface area contributed by atoms with Gasteiger partial charge in [0.05, 0.1) is 31.6 Å². The number of hydrogen-bond acceptors (Lipinski definition) is 19. The molecule has 338 valence electrons. The molecule has 5 unspecified atom stereocenters. The number of carbonyl (C=O) groups excluding carboxylic acids is 3. The molecule has 60 heavy (non-hydrogen) atoms. The first-order chi connectivity index (χ1) is 27.8. The van der Waals surface area contributed by atoms with E-state index in [0.717, 1.165) is 41.0 Å². The number of nitrogen functional groups attached to an aromatic ring is 1. The Morgan fingerprint density at radius 1 is 1.07 bits per heavy atom. The van der Waals surface area contributed by atoms with Crippen LogP contribution in [-0.2, 0) is 50.7 Å². The van der Waals surface area contributed by atoms with Gasteiger partial charge >= 0.3 is 23.5 Å². The number of fused-ring (bicyclic) bond motifs is 1. The molecule has 0 bridgehead atoms. The summed E-state index contributed by atoms with van der Waals surface area (Å²) >= 11 is 1.01. The zero-order valence-electron chi connectivity index (χ0n) is 32.6. The second kappa shape index (κ2) is 20.6. The number of nitrogens with one attached hydrogen (secondary N) is 2. The minimum absolute atomic E-state index is 0.0259. The summed E-state index contributed by atoms with van der Waals surface area (Å²) < 4.78 is 62.2. The number of carbonyl (C=O) groups is 3. The minimum Gasteiger partial charge on any atom is -0.392 e. The van der Waals surface area contributed by atoms with Crippen LogP contribution in [0.5, 0.6) is 0 Å². The predicted octanol–water partition coefficient (Wildman–Crippen LogP) is 0.0180. The molecule has 1 aliphatic carbocycles. The molecular formula is C31H50N7O18P3S. The van der Waals surface area contributed by atoms with E-state index < -0.39 is 96.6 Å². The van der Waals surface area contributed by atoms with E-state index in [9.17, 15) is 63.0 Å². The van der Waals surface area contributed by atoms with Crippen molar-refractivity contribution in [2.24, 2.45) is 17.3 Å². The number of thioether (sulfide) groups is 1. The van der Waals surface area contributed by atoms with E-state index in [2.05, 4.69) is 41.0 Å². The molecule has 10 atom stereocenters. The Morgan fingerprint density at radius 2 is 1.75 bits per heavy atom. The largest absolute Gasteiger partial charge is 0.481 e. The monoisotopic (exact) mass is 933 g/mol. The summed E-state index contributed by atoms with van der Waals surface area (Å²) in [6.07, 6.45) is -5.96. The van der Waals surface area contributed by atoms with E-state index in [1.165, 1.54) is 13.8 Å². The van der Waals surface area contributed by atoms with Crippen LogP contribution in [0.1, 0.15) is 52.7 Å². The van der Waals surface area contributed by atoms with Gasteiger partial charge in [0.25, 0.3) is 0 Å². The maximum atomic E-state index is 12.7. The number of rotatable bonds is 21. The molecule has 1 saturated heterocycles. The van der Waals surface area contributed by atoms with E-state index >= 15 is 0 Å². The number of nitrogens with two attached hydrogens (primary N) is 1. The van der Waals surface area contributed by atoms with E-state index in [4.69, 9.17) is 19.5 Å². The maximum absolute atomic E-state index is 12.7. The summed E-state index contributed by atoms with van der Waals surface area (Å²) in [7, 11) is -16.4. The number of nitrogens with zero attached hydrogens (tertiary/aromatic N) is 4. The topological polar surface area (TPSA) is 384 Å². The lowest BCUT2D eigenvalue weighted by Crippen LogP contribution is -2.46. The number of aliphatic hydroxyl groups excluding tert-OH is 3. The Hall–Kier alpha value is -2.74. The first kappa shape index (κ1) is 49.9. The Kier molecular flexibility index (Phi) is 17.2. The molecule has 1 saturated carbocycles. The average molecular weight is 934 g/mol. The molecule has 2 fully saturated rings. The third-order valence-electron chi connectivity index (χ3n) is 9.56. The lowest BCUT2D eigenvalue weighted by Gasteiger charge is -2.32. The summed E-state index contributed by atoms with van der Waals surface area (Å²) in [5, 5.41) is 36.7. The fourth-order valence-electron chi connectivity index (χ4n) is 6.26. The molecule has 2 aromatic heterocycles. The number of phosphoric ester groups is 3. The summed E-state index contributed by atoms with van der Waals surface area (Å²) in [5.41, 5.74) is 5.21. The molecule has 0 aromatic carbocycles. The van der Waals surface area contributed by atoms with Gasteiger partial charge in [-0.3, -0.25) is 32.5 Å². The SMILES string of the molecule is C=C(C)C1CCC(C(=O)SCCNC(=O)CCNC(=O)[C@H](O)C(C)(C)COP(=O)(O)OP(=O)(O)OC[C@H]2O[C@@H](n3cnc4c(N)ncnc43)[C@H](O)[C@@H]2OP(=O)(O)O)C(O)C1. The van der Waals surface area contributed by atoms with Gasteiger partial charge < -0.3 is 56.0 Å². The van der Waals surface area contributed by atoms with Crippen LogP contribution in [-0.4, -0.2) is 134 Å². The fraction of sp³-hybridized carbons (Fsp3) is 0.677. The standard InChI is InChI=1S/C31H50N7O18P3S/c1-16(2)17-5-6-18(19(39)11-17)30(44)60-10-9-33-21(40)7-8-34-28(43)25(42)31(3,4)13-53-59(50,51)56-58(48,49)52-12-20-24(55-57(45,46)47)23(41)29(54-20)38-15-37-22-26(32)35-14-36-27(22)38/h14-15,17-20,23-25,29,39,41-42H,1,5-13H2,2-4H3,(H,33,40)(H,34,43)(H,48,49)(H,50,51)(H2,32,35,36)(H2,45,46,47)/t17?,18?,19?,20-,23-,24-,25+,29-/m1/s1. The van der Waals surface area contributed by atoms with Crippen LogP contribution in [0.15, 0.2) is 24.8 Å². The van der Waals surface area contributed by atoms with Crippen molar-refractivity contribution in [3.63, 3.8) is 0 Å². The molecule has 0 radical (unpaired) electrons. The third-order valence-corrected chi connectivity index (χ3v) is 13.7. The van der Waals surface area contributed by atoms with Crippen LogP contribution >= 0.6 is 35.2 Å². The van der Waals surface area contributed by atoms with Crippen LogP contribution in [0, 0.1) is 17.3 Å². The number of aliphatic hydroxyl groups is 3. The van der Waals surface area contributed by atoms with Gasteiger partial charge in [-0.05, 0) is 32.1 Å². The average Bonchev–Trinajstić information content (AvgIpc) is 3.71. The van der Waals surface area contributed by atoms with Crippen molar-refractivity contribution in [1.82, 2.24) is 30.2 Å². The van der Waals surface area contributed by atoms with Crippen molar-refractivity contribution in [3.05, 3.63) is 24.8 Å². The Labute approximate surface area is 347 Å². The second-order valence-electron chi connectivity index (χ2n) is 14.8. The molecule has 11 N–H and O–H groups in total. The highest BCUT2D eigenvalue weighted by molar-refractivity contribution is 8.13. The van der Waals surface area contributed by atoms with E-state index in [1.54, 1.807) is 0 Å². The summed E-state index contributed by atoms with van der Waals surface area (Å²) in [5.74, 6) is -1.56. The number of aromatic nitrogens is 4. The van der Waals surface area contributed by atoms with Crippen molar-refractivity contribution < 1.29 is 85.6 Å². The highest BCUT2D eigenvalue weighted by atomic mass is 32.2. The summed E-state index contributed by atoms with van der Waals surface area (Å²) in [6.45, 7) is 6.18. The number of amides is 2. The maximum Gasteiger partial charge on any atom is 0.481 e. The predicted molar refractivity (Wildman–Crippen MR) is 209 cm³/mol. The number of allylic oxidation sites excluding steroid dienone is 1. The molecule has 4 rings (SSSR count). The van der Waals surface area contributed by atoms with Crippen molar-refractivity contribution >= 4 is 69.1 Å². The van der Waals surface area contributed by atoms with Gasteiger partial charge in [0, 0.05) is 30.7 Å². The number of hydrogen-bond donors (Lipinski definition) is 10. The van der Waals surface area contributed by atoms with Gasteiger partial charge in [0.15, 0.2) is 22.8 Å². The van der Waals surface area contributed by atoms with Gasteiger partial charge in [0.1, 0.15) is 36.3 Å². The van der Waals surface area contributed by atoms with Gasteiger partial charge in [-0.2, -0.15) is 4.31 Å². The van der Waals surface area contributed by atoms with Gasteiger partial charge in [-0.1, -0.05) is 37.8 Å². The normalized spacial score (nSPS) is 26.2. The zero-order chi connectivity index (χ0) is 44.8. The molecule has 2 aromatic rings. The second-order valence-corrected chi connectivity index (χ2v) is 20.1. The van der Waals surface area contributed by atoms with Crippen LogP contribution in [0.4, 0.5) is 5.82 Å². The lowest BCUT2D eigenvalue weighted by atomic mass is 9.78. The van der Waals surface area contributed by atoms with Gasteiger partial charge in [0.2, 0.25) is 11.8 Å². The first-order valence-corrected chi connectivity index (χ1v) is 23.7. The van der Waals surface area contributed by atoms with E-state index in [1.807, 2.05) is 6.92 Å². The van der Waals surface area contributed by atoms with Gasteiger partial charge in [-0.15, -0.1) is 0 Å². The molecule has 25 nitrogen and oxygen atoms in total. The van der Waals surface area contributed by atoms with Crippen molar-refractivity contribution in [3.8, 4) is 0 Å². The molecular weight excluding hydrogens is 883 g/mol. The Balaban J connectivity index is 1.20. The Morgan fingerprint density at radius 3 is 2.40 bits per heavy atom. The van der Waals surface area contributed by atoms with Crippen molar-refractivity contribution in [2.75, 3.05) is 37.8 Å². The lowest BCUT2D eigenvalue weighted by molar-refractivity contribution is -0.137. The third kappa shape index (κ3) is 13.9. The molecule has 2 amide bonds. The molecule has 0 spiro atoms. The van der Waals surface area contributed by atoms with Crippen LogP contribution < -0.4 is 16.4 Å². The highest BCUT2D eigenvalue weighted by Gasteiger charge is 2.50. The smallest absolute Gasteiger partial charge is 0.392 e. The summed E-state index contributed by atoms with van der Waals surface area (Å²) in [4.78, 5) is 88.5. The first-order valence-electron chi connectivity index (χ1n) is 18.2. The Bertz CT molecular complexity index is 2020. The fourth-order valence-corrected chi connectivity index (χ4v) is 9.98. The summed E-state index contributed by atoms with van der Waals surface area (Å²) in [6, 6.07) is 0. The number of anilines is 1. The molecule has 3 heterocycles. The number of phosphoric acid groups is 3. The van der Waals surface area contributed by atoms with E-state index in [0.29, 0.717) is 12.8 Å².